The number of aromatic nitrogens is 2. The predicted molar refractivity (Wildman–Crippen MR) is 54.0 cm³/mol. The van der Waals surface area contributed by atoms with Gasteiger partial charge in [-0.15, -0.1) is 0 Å². The molecule has 0 aliphatic carbocycles. The molecule has 15 heavy (non-hydrogen) atoms. The molecule has 0 saturated heterocycles. The van der Waals surface area contributed by atoms with Gasteiger partial charge in [-0.05, 0) is 22.4 Å². The molecule has 0 aliphatic heterocycles. The van der Waals surface area contributed by atoms with Gasteiger partial charge in [0.05, 0.1) is 11.0 Å². The van der Waals surface area contributed by atoms with Crippen molar-refractivity contribution < 1.29 is 13.6 Å². The highest BCUT2D eigenvalue weighted by molar-refractivity contribution is 9.10. The Kier molecular flexibility index (Phi) is 4.19. The maximum atomic E-state index is 11.8. The second kappa shape index (κ2) is 5.20. The normalized spacial score (nSPS) is 10.7. The van der Waals surface area contributed by atoms with Crippen LogP contribution in [0.1, 0.15) is 23.1 Å². The first-order valence-corrected chi connectivity index (χ1v) is 5.14. The third-order valence-electron chi connectivity index (χ3n) is 1.76. The number of hydrogen-bond donors (Lipinski definition) is 2. The summed E-state index contributed by atoms with van der Waals surface area (Å²) in [5.74, 6) is -0.613. The lowest BCUT2D eigenvalue weighted by atomic mass is 10.3. The molecule has 7 heteroatoms. The highest BCUT2D eigenvalue weighted by Crippen LogP contribution is 2.19. The Labute approximate surface area is 93.6 Å². The number of aryl methyl sites for hydroxylation is 1. The Morgan fingerprint density at radius 2 is 2.33 bits per heavy atom. The zero-order valence-electron chi connectivity index (χ0n) is 7.98. The molecule has 1 aromatic rings. The second-order valence-corrected chi connectivity index (χ2v) is 3.61. The van der Waals surface area contributed by atoms with Gasteiger partial charge in [0.25, 0.3) is 12.3 Å². The van der Waals surface area contributed by atoms with Crippen LogP contribution in [0.25, 0.3) is 0 Å². The summed E-state index contributed by atoms with van der Waals surface area (Å²) in [5, 5.41) is 8.46. The first-order valence-electron chi connectivity index (χ1n) is 4.35. The monoisotopic (exact) mass is 281 g/mol. The van der Waals surface area contributed by atoms with Gasteiger partial charge in [-0.2, -0.15) is 5.10 Å². The molecular weight excluding hydrogens is 272 g/mol. The Hall–Kier alpha value is -0.980. The molecule has 0 saturated carbocycles. The number of rotatable bonds is 4. The van der Waals surface area contributed by atoms with E-state index in [4.69, 9.17) is 0 Å². The van der Waals surface area contributed by atoms with E-state index < -0.39 is 18.9 Å². The van der Waals surface area contributed by atoms with E-state index in [9.17, 15) is 13.6 Å². The number of carbonyl (C=O) groups is 1. The molecule has 1 amide bonds. The fraction of sp³-hybridized carbons (Fsp3) is 0.500. The van der Waals surface area contributed by atoms with Gasteiger partial charge in [-0.25, -0.2) is 8.78 Å². The molecule has 0 aromatic carbocycles. The van der Waals surface area contributed by atoms with Crippen LogP contribution in [0.2, 0.25) is 0 Å². The first-order chi connectivity index (χ1) is 7.06. The van der Waals surface area contributed by atoms with Gasteiger partial charge >= 0.3 is 0 Å². The standard InChI is InChI=1S/C8H10BrF2N3O/c1-2-4-6(9)7(14-13-4)8(15)12-3-5(10)11/h5H,2-3H2,1H3,(H,12,15)(H,13,14). The molecule has 2 N–H and O–H groups in total. The van der Waals surface area contributed by atoms with Crippen molar-refractivity contribution in [1.82, 2.24) is 15.5 Å². The molecule has 1 aromatic heterocycles. The van der Waals surface area contributed by atoms with Crippen LogP contribution in [0.3, 0.4) is 0 Å². The van der Waals surface area contributed by atoms with Crippen molar-refractivity contribution in [3.8, 4) is 0 Å². The van der Waals surface area contributed by atoms with Crippen LogP contribution in [0.15, 0.2) is 4.47 Å². The van der Waals surface area contributed by atoms with Gasteiger partial charge in [0.15, 0.2) is 5.69 Å². The van der Waals surface area contributed by atoms with Gasteiger partial charge in [0, 0.05) is 5.69 Å². The largest absolute Gasteiger partial charge is 0.345 e. The highest BCUT2D eigenvalue weighted by Gasteiger charge is 2.17. The topological polar surface area (TPSA) is 57.8 Å². The fourth-order valence-corrected chi connectivity index (χ4v) is 1.64. The molecule has 0 fully saturated rings. The third-order valence-corrected chi connectivity index (χ3v) is 2.62. The molecular formula is C8H10BrF2N3O. The summed E-state index contributed by atoms with van der Waals surface area (Å²) in [5.41, 5.74) is 0.865. The van der Waals surface area contributed by atoms with Crippen LogP contribution >= 0.6 is 15.9 Å². The lowest BCUT2D eigenvalue weighted by Crippen LogP contribution is -2.29. The van der Waals surface area contributed by atoms with Gasteiger partial charge in [0.1, 0.15) is 0 Å². The number of aromatic amines is 1. The Morgan fingerprint density at radius 3 is 2.80 bits per heavy atom. The van der Waals surface area contributed by atoms with E-state index in [2.05, 4.69) is 31.4 Å². The Bertz CT molecular complexity index is 354. The lowest BCUT2D eigenvalue weighted by Gasteiger charge is -2.01. The van der Waals surface area contributed by atoms with Gasteiger partial charge < -0.3 is 5.32 Å². The maximum absolute atomic E-state index is 11.8. The van der Waals surface area contributed by atoms with Crippen molar-refractivity contribution >= 4 is 21.8 Å². The summed E-state index contributed by atoms with van der Waals surface area (Å²) >= 11 is 3.18. The lowest BCUT2D eigenvalue weighted by molar-refractivity contribution is 0.0886. The molecule has 0 radical (unpaired) electrons. The molecule has 84 valence electrons. The number of nitrogens with one attached hydrogen (secondary N) is 2. The summed E-state index contributed by atoms with van der Waals surface area (Å²) in [4.78, 5) is 11.3. The van der Waals surface area contributed by atoms with E-state index in [-0.39, 0.29) is 5.69 Å². The number of halogens is 3. The van der Waals surface area contributed by atoms with Crippen molar-refractivity contribution in [3.63, 3.8) is 0 Å². The van der Waals surface area contributed by atoms with Crippen LogP contribution in [0.5, 0.6) is 0 Å². The molecule has 0 bridgehead atoms. The van der Waals surface area contributed by atoms with E-state index in [0.29, 0.717) is 10.9 Å². The molecule has 1 rings (SSSR count). The summed E-state index contributed by atoms with van der Waals surface area (Å²) in [6, 6.07) is 0. The maximum Gasteiger partial charge on any atom is 0.273 e. The third kappa shape index (κ3) is 2.98. The van der Waals surface area contributed by atoms with E-state index in [1.54, 1.807) is 0 Å². The van der Waals surface area contributed by atoms with E-state index in [1.807, 2.05) is 6.92 Å². The van der Waals surface area contributed by atoms with Crippen LogP contribution in [0, 0.1) is 0 Å². The number of alkyl halides is 2. The molecule has 4 nitrogen and oxygen atoms in total. The zero-order valence-corrected chi connectivity index (χ0v) is 9.57. The molecule has 0 atom stereocenters. The van der Waals surface area contributed by atoms with Crippen molar-refractivity contribution in [2.24, 2.45) is 0 Å². The van der Waals surface area contributed by atoms with Crippen LogP contribution in [0.4, 0.5) is 8.78 Å². The number of amides is 1. The van der Waals surface area contributed by atoms with E-state index in [1.165, 1.54) is 0 Å². The fourth-order valence-electron chi connectivity index (χ4n) is 1.00. The zero-order chi connectivity index (χ0) is 11.4. The van der Waals surface area contributed by atoms with E-state index >= 15 is 0 Å². The number of hydrogen-bond acceptors (Lipinski definition) is 2. The van der Waals surface area contributed by atoms with Crippen molar-refractivity contribution in [2.75, 3.05) is 6.54 Å². The Morgan fingerprint density at radius 1 is 1.67 bits per heavy atom. The average Bonchev–Trinajstić information content (AvgIpc) is 2.56. The second-order valence-electron chi connectivity index (χ2n) is 2.82. The SMILES string of the molecule is CCc1[nH]nc(C(=O)NCC(F)F)c1Br. The number of carbonyl (C=O) groups excluding carboxylic acids is 1. The van der Waals surface area contributed by atoms with Crippen molar-refractivity contribution in [1.29, 1.82) is 0 Å². The average molecular weight is 282 g/mol. The number of nitrogens with zero attached hydrogens (tertiary/aromatic N) is 1. The smallest absolute Gasteiger partial charge is 0.273 e. The van der Waals surface area contributed by atoms with Gasteiger partial charge in [-0.3, -0.25) is 9.89 Å². The van der Waals surface area contributed by atoms with Crippen LogP contribution < -0.4 is 5.32 Å². The van der Waals surface area contributed by atoms with Crippen molar-refractivity contribution in [3.05, 3.63) is 15.9 Å². The molecule has 0 aliphatic rings. The molecule has 0 spiro atoms. The summed E-state index contributed by atoms with van der Waals surface area (Å²) < 4.78 is 24.2. The summed E-state index contributed by atoms with van der Waals surface area (Å²) in [6.45, 7) is 1.22. The number of H-pyrrole nitrogens is 1. The highest BCUT2D eigenvalue weighted by atomic mass is 79.9. The minimum atomic E-state index is -2.56. The predicted octanol–water partition coefficient (Wildman–Crippen LogP) is 1.73. The van der Waals surface area contributed by atoms with E-state index in [0.717, 1.165) is 5.69 Å². The van der Waals surface area contributed by atoms with Crippen molar-refractivity contribution in [2.45, 2.75) is 19.8 Å². The van der Waals surface area contributed by atoms with Crippen LogP contribution in [-0.2, 0) is 6.42 Å². The summed E-state index contributed by atoms with van der Waals surface area (Å²) in [7, 11) is 0. The minimum absolute atomic E-state index is 0.104. The minimum Gasteiger partial charge on any atom is -0.345 e. The quantitative estimate of drug-likeness (QED) is 0.883. The Balaban J connectivity index is 2.69. The first kappa shape index (κ1) is 12.1. The van der Waals surface area contributed by atoms with Gasteiger partial charge in [-0.1, -0.05) is 6.92 Å². The molecule has 0 unspecified atom stereocenters. The molecule has 1 heterocycles. The van der Waals surface area contributed by atoms with Crippen LogP contribution in [-0.4, -0.2) is 29.1 Å². The van der Waals surface area contributed by atoms with Gasteiger partial charge in [0.2, 0.25) is 0 Å². The summed E-state index contributed by atoms with van der Waals surface area (Å²) in [6.07, 6.45) is -1.88.